The topological polar surface area (TPSA) is 114 Å². The number of carbonyl (C=O) groups is 2. The quantitative estimate of drug-likeness (QED) is 0.270. The minimum absolute atomic E-state index is 0.152. The molecule has 10 nitrogen and oxygen atoms in total. The number of halogens is 1. The van der Waals surface area contributed by atoms with Gasteiger partial charge in [-0.1, -0.05) is 25.1 Å². The first-order chi connectivity index (χ1) is 20.6. The van der Waals surface area contributed by atoms with Crippen LogP contribution in [0.3, 0.4) is 0 Å². The lowest BCUT2D eigenvalue weighted by molar-refractivity contribution is -0.139. The first-order valence-corrected chi connectivity index (χ1v) is 15.3. The molecule has 0 aromatic heterocycles. The van der Waals surface area contributed by atoms with Gasteiger partial charge >= 0.3 is 0 Å². The molecular formula is C31H38FN3O7S. The van der Waals surface area contributed by atoms with Crippen molar-refractivity contribution in [1.82, 2.24) is 10.2 Å². The Morgan fingerprint density at radius 3 is 2.23 bits per heavy atom. The fourth-order valence-corrected chi connectivity index (χ4v) is 5.73. The third-order valence-corrected chi connectivity index (χ3v) is 8.44. The van der Waals surface area contributed by atoms with E-state index in [1.807, 2.05) is 13.8 Å². The van der Waals surface area contributed by atoms with E-state index in [0.717, 1.165) is 4.31 Å². The van der Waals surface area contributed by atoms with Crippen molar-refractivity contribution in [3.63, 3.8) is 0 Å². The Morgan fingerprint density at radius 1 is 0.953 bits per heavy atom. The van der Waals surface area contributed by atoms with E-state index in [2.05, 4.69) is 5.32 Å². The number of sulfonamides is 1. The maximum atomic E-state index is 14.7. The molecule has 2 amide bonds. The number of anilines is 1. The smallest absolute Gasteiger partial charge is 0.264 e. The van der Waals surface area contributed by atoms with Crippen LogP contribution in [0.25, 0.3) is 0 Å². The molecule has 0 aliphatic rings. The standard InChI is InChI=1S/C31H38FN3O7S/c1-6-18-33-31(37)22(3)34(20-23-10-8-9-11-27(23)32)30(36)21-35(24-12-14-25(15-13-24)42-7-2)43(38,39)26-16-17-28(40-4)29(19-26)41-5/h8-17,19,22H,6-7,18,20-21H2,1-5H3,(H,33,37)/t22-/m1/s1. The molecule has 1 atom stereocenters. The number of methoxy groups -OCH3 is 2. The van der Waals surface area contributed by atoms with E-state index in [1.165, 1.54) is 74.6 Å². The summed E-state index contributed by atoms with van der Waals surface area (Å²) in [6, 6.07) is 15.2. The molecule has 0 saturated heterocycles. The number of amides is 2. The predicted molar refractivity (Wildman–Crippen MR) is 161 cm³/mol. The number of ether oxygens (including phenoxy) is 3. The van der Waals surface area contributed by atoms with Gasteiger partial charge < -0.3 is 24.4 Å². The van der Waals surface area contributed by atoms with Gasteiger partial charge in [0.1, 0.15) is 24.2 Å². The number of rotatable bonds is 15. The molecule has 3 rings (SSSR count). The number of benzene rings is 3. The van der Waals surface area contributed by atoms with Gasteiger partial charge in [0.05, 0.1) is 31.4 Å². The van der Waals surface area contributed by atoms with E-state index in [-0.39, 0.29) is 28.4 Å². The van der Waals surface area contributed by atoms with Crippen molar-refractivity contribution in [2.24, 2.45) is 0 Å². The normalized spacial score (nSPS) is 11.8. The van der Waals surface area contributed by atoms with E-state index in [1.54, 1.807) is 18.2 Å². The summed E-state index contributed by atoms with van der Waals surface area (Å²) in [6.45, 7) is 5.10. The third-order valence-electron chi connectivity index (χ3n) is 6.67. The third kappa shape index (κ3) is 8.16. The molecule has 0 aliphatic carbocycles. The molecule has 0 heterocycles. The number of nitrogens with zero attached hydrogens (tertiary/aromatic N) is 2. The van der Waals surface area contributed by atoms with Gasteiger partial charge in [0, 0.05) is 24.7 Å². The first kappa shape index (κ1) is 33.2. The summed E-state index contributed by atoms with van der Waals surface area (Å²) in [6.07, 6.45) is 0.675. The zero-order valence-corrected chi connectivity index (χ0v) is 25.8. The lowest BCUT2D eigenvalue weighted by Gasteiger charge is -2.32. The molecule has 0 aliphatic heterocycles. The monoisotopic (exact) mass is 615 g/mol. The molecule has 3 aromatic carbocycles. The molecule has 0 radical (unpaired) electrons. The van der Waals surface area contributed by atoms with Gasteiger partial charge in [-0.2, -0.15) is 0 Å². The summed E-state index contributed by atoms with van der Waals surface area (Å²) < 4.78 is 59.9. The highest BCUT2D eigenvalue weighted by Gasteiger charge is 2.33. The molecule has 232 valence electrons. The van der Waals surface area contributed by atoms with Crippen LogP contribution in [0.5, 0.6) is 17.2 Å². The molecule has 1 N–H and O–H groups in total. The molecule has 12 heteroatoms. The number of nitrogens with one attached hydrogen (secondary N) is 1. The lowest BCUT2D eigenvalue weighted by Crippen LogP contribution is -2.51. The van der Waals surface area contributed by atoms with Crippen molar-refractivity contribution < 1.29 is 36.6 Å². The number of carbonyl (C=O) groups excluding carboxylic acids is 2. The van der Waals surface area contributed by atoms with Crippen LogP contribution in [0, 0.1) is 5.82 Å². The van der Waals surface area contributed by atoms with Gasteiger partial charge in [0.2, 0.25) is 11.8 Å². The fourth-order valence-electron chi connectivity index (χ4n) is 4.30. The summed E-state index contributed by atoms with van der Waals surface area (Å²) in [7, 11) is -1.56. The van der Waals surface area contributed by atoms with Crippen molar-refractivity contribution in [2.75, 3.05) is 38.2 Å². The average molecular weight is 616 g/mol. The van der Waals surface area contributed by atoms with Gasteiger partial charge in [-0.15, -0.1) is 0 Å². The summed E-state index contributed by atoms with van der Waals surface area (Å²) in [4.78, 5) is 28.0. The van der Waals surface area contributed by atoms with Crippen LogP contribution in [0.4, 0.5) is 10.1 Å². The van der Waals surface area contributed by atoms with Crippen LogP contribution in [-0.2, 0) is 26.2 Å². The summed E-state index contributed by atoms with van der Waals surface area (Å²) in [5, 5.41) is 2.75. The molecule has 0 unspecified atom stereocenters. The second-order valence-corrected chi connectivity index (χ2v) is 11.4. The van der Waals surface area contributed by atoms with E-state index in [4.69, 9.17) is 14.2 Å². The molecule has 43 heavy (non-hydrogen) atoms. The minimum atomic E-state index is -4.37. The number of hydrogen-bond acceptors (Lipinski definition) is 7. The molecule has 3 aromatic rings. The molecule has 0 fully saturated rings. The van der Waals surface area contributed by atoms with Gasteiger partial charge in [-0.25, -0.2) is 12.8 Å². The molecule has 0 saturated carbocycles. The predicted octanol–water partition coefficient (Wildman–Crippen LogP) is 4.38. The Balaban J connectivity index is 2.08. The Hall–Kier alpha value is -4.32. The highest BCUT2D eigenvalue weighted by molar-refractivity contribution is 7.92. The van der Waals surface area contributed by atoms with Crippen LogP contribution < -0.4 is 23.8 Å². The highest BCUT2D eigenvalue weighted by atomic mass is 32.2. The van der Waals surface area contributed by atoms with Crippen LogP contribution >= 0.6 is 0 Å². The minimum Gasteiger partial charge on any atom is -0.494 e. The van der Waals surface area contributed by atoms with Crippen LogP contribution in [0.15, 0.2) is 71.6 Å². The maximum Gasteiger partial charge on any atom is 0.264 e. The van der Waals surface area contributed by atoms with Gasteiger partial charge in [-0.05, 0) is 62.7 Å². The van der Waals surface area contributed by atoms with Gasteiger partial charge in [0.25, 0.3) is 10.0 Å². The summed E-state index contributed by atoms with van der Waals surface area (Å²) >= 11 is 0. The lowest BCUT2D eigenvalue weighted by atomic mass is 10.1. The van der Waals surface area contributed by atoms with Crippen LogP contribution in [0.1, 0.15) is 32.8 Å². The Kier molecular flexibility index (Phi) is 11.8. The van der Waals surface area contributed by atoms with Crippen molar-refractivity contribution in [3.8, 4) is 17.2 Å². The summed E-state index contributed by atoms with van der Waals surface area (Å²) in [5.41, 5.74) is 0.363. The van der Waals surface area contributed by atoms with Crippen molar-refractivity contribution >= 4 is 27.5 Å². The van der Waals surface area contributed by atoms with Crippen molar-refractivity contribution in [3.05, 3.63) is 78.1 Å². The second-order valence-electron chi connectivity index (χ2n) is 9.54. The van der Waals surface area contributed by atoms with Crippen LogP contribution in [-0.4, -0.2) is 65.1 Å². The van der Waals surface area contributed by atoms with Gasteiger partial charge in [0.15, 0.2) is 11.5 Å². The van der Waals surface area contributed by atoms with Crippen molar-refractivity contribution in [2.45, 2.75) is 44.7 Å². The molecule has 0 bridgehead atoms. The Labute approximate surface area is 252 Å². The number of hydrogen-bond donors (Lipinski definition) is 1. The van der Waals surface area contributed by atoms with Crippen LogP contribution in [0.2, 0.25) is 0 Å². The first-order valence-electron chi connectivity index (χ1n) is 13.9. The average Bonchev–Trinajstić information content (AvgIpc) is 3.01. The largest absolute Gasteiger partial charge is 0.494 e. The zero-order chi connectivity index (χ0) is 31.6. The summed E-state index contributed by atoms with van der Waals surface area (Å²) in [5.74, 6) is -0.675. The maximum absolute atomic E-state index is 14.7. The van der Waals surface area contributed by atoms with Gasteiger partial charge in [-0.3, -0.25) is 13.9 Å². The zero-order valence-electron chi connectivity index (χ0n) is 25.0. The van der Waals surface area contributed by atoms with E-state index >= 15 is 0 Å². The second kappa shape index (κ2) is 15.2. The highest BCUT2D eigenvalue weighted by Crippen LogP contribution is 2.33. The molecule has 0 spiro atoms. The fraction of sp³-hybridized carbons (Fsp3) is 0.355. The molecular weight excluding hydrogens is 577 g/mol. The Bertz CT molecular complexity index is 1500. The Morgan fingerprint density at radius 2 is 1.63 bits per heavy atom. The SMILES string of the molecule is CCCNC(=O)[C@@H](C)N(Cc1ccccc1F)C(=O)CN(c1ccc(OCC)cc1)S(=O)(=O)c1ccc(OC)c(OC)c1. The van der Waals surface area contributed by atoms with E-state index in [0.29, 0.717) is 31.1 Å². The van der Waals surface area contributed by atoms with Crippen molar-refractivity contribution in [1.29, 1.82) is 0 Å². The van der Waals surface area contributed by atoms with E-state index in [9.17, 15) is 22.4 Å². The van der Waals surface area contributed by atoms with E-state index < -0.39 is 40.2 Å².